The molecule has 0 unspecified atom stereocenters. The highest BCUT2D eigenvalue weighted by Gasteiger charge is 2.09. The molecule has 0 spiro atoms. The Morgan fingerprint density at radius 2 is 1.93 bits per heavy atom. The lowest BCUT2D eigenvalue weighted by atomic mass is 9.90. The first-order valence-corrected chi connectivity index (χ1v) is 5.36. The van der Waals surface area contributed by atoms with Gasteiger partial charge < -0.3 is 11.1 Å². The van der Waals surface area contributed by atoms with E-state index in [1.165, 1.54) is 6.42 Å². The number of rotatable bonds is 5. The summed E-state index contributed by atoms with van der Waals surface area (Å²) in [4.78, 5) is 11.1. The van der Waals surface area contributed by atoms with Crippen LogP contribution in [0.15, 0.2) is 0 Å². The van der Waals surface area contributed by atoms with Crippen molar-refractivity contribution in [3.8, 4) is 0 Å². The fourth-order valence-electron chi connectivity index (χ4n) is 1.15. The zero-order valence-electron chi connectivity index (χ0n) is 9.89. The van der Waals surface area contributed by atoms with Gasteiger partial charge in [0, 0.05) is 6.54 Å². The number of nitrogens with two attached hydrogens (primary N) is 1. The maximum atomic E-state index is 11.1. The molecule has 0 aromatic heterocycles. The lowest BCUT2D eigenvalue weighted by Gasteiger charge is -2.17. The van der Waals surface area contributed by atoms with Gasteiger partial charge in [-0.3, -0.25) is 4.79 Å². The van der Waals surface area contributed by atoms with Crippen LogP contribution in [-0.2, 0) is 4.79 Å². The normalized spacial score (nSPS) is 13.8. The van der Waals surface area contributed by atoms with E-state index < -0.39 is 6.04 Å². The number of nitrogens with one attached hydrogen (secondary N) is 1. The first kappa shape index (κ1) is 13.4. The number of carbonyl (C=O) groups excluding carboxylic acids is 1. The minimum Gasteiger partial charge on any atom is -0.355 e. The van der Waals surface area contributed by atoms with E-state index in [1.54, 1.807) is 6.92 Å². The van der Waals surface area contributed by atoms with Gasteiger partial charge in [-0.05, 0) is 25.2 Å². The third-order valence-electron chi connectivity index (χ3n) is 2.07. The Morgan fingerprint density at radius 3 is 2.36 bits per heavy atom. The molecule has 0 rings (SSSR count). The number of hydrogen-bond acceptors (Lipinski definition) is 2. The largest absolute Gasteiger partial charge is 0.355 e. The predicted molar refractivity (Wildman–Crippen MR) is 60.0 cm³/mol. The van der Waals surface area contributed by atoms with E-state index in [1.807, 2.05) is 0 Å². The van der Waals surface area contributed by atoms with Gasteiger partial charge in [-0.15, -0.1) is 0 Å². The first-order valence-electron chi connectivity index (χ1n) is 5.36. The van der Waals surface area contributed by atoms with Crippen LogP contribution in [0.5, 0.6) is 0 Å². The third-order valence-corrected chi connectivity index (χ3v) is 2.07. The maximum absolute atomic E-state index is 11.1. The van der Waals surface area contributed by atoms with Crippen molar-refractivity contribution < 1.29 is 4.79 Å². The second-order valence-electron chi connectivity index (χ2n) is 5.10. The van der Waals surface area contributed by atoms with E-state index in [0.717, 1.165) is 19.4 Å². The summed E-state index contributed by atoms with van der Waals surface area (Å²) in [5.41, 5.74) is 5.80. The van der Waals surface area contributed by atoms with Crippen LogP contribution in [0.3, 0.4) is 0 Å². The van der Waals surface area contributed by atoms with Crippen LogP contribution in [0.1, 0.15) is 47.0 Å². The quantitative estimate of drug-likeness (QED) is 0.663. The number of hydrogen-bond donors (Lipinski definition) is 2. The molecular weight excluding hydrogens is 176 g/mol. The molecule has 0 fully saturated rings. The van der Waals surface area contributed by atoms with Crippen LogP contribution < -0.4 is 11.1 Å². The zero-order chi connectivity index (χ0) is 11.2. The Bertz CT molecular complexity index is 171. The van der Waals surface area contributed by atoms with E-state index in [2.05, 4.69) is 26.1 Å². The van der Waals surface area contributed by atoms with Crippen LogP contribution in [0.25, 0.3) is 0 Å². The number of unbranched alkanes of at least 4 members (excludes halogenated alkanes) is 1. The standard InChI is InChI=1S/C11H24N2O/c1-9(12)10(14)13-8-6-5-7-11(2,3)4/h9H,5-8,12H2,1-4H3,(H,13,14)/t9-/m0/s1. The van der Waals surface area contributed by atoms with E-state index in [4.69, 9.17) is 5.73 Å². The van der Waals surface area contributed by atoms with E-state index in [0.29, 0.717) is 5.41 Å². The molecule has 0 saturated heterocycles. The molecule has 84 valence electrons. The Kier molecular flexibility index (Phi) is 5.77. The molecule has 0 radical (unpaired) electrons. The highest BCUT2D eigenvalue weighted by atomic mass is 16.2. The molecule has 1 amide bonds. The summed E-state index contributed by atoms with van der Waals surface area (Å²) in [5, 5.41) is 2.80. The van der Waals surface area contributed by atoms with E-state index in [-0.39, 0.29) is 5.91 Å². The Balaban J connectivity index is 3.35. The van der Waals surface area contributed by atoms with Crippen LogP contribution in [0.2, 0.25) is 0 Å². The van der Waals surface area contributed by atoms with Crippen molar-refractivity contribution in [1.82, 2.24) is 5.32 Å². The second kappa shape index (κ2) is 6.02. The third kappa shape index (κ3) is 8.05. The van der Waals surface area contributed by atoms with Crippen LogP contribution in [-0.4, -0.2) is 18.5 Å². The smallest absolute Gasteiger partial charge is 0.236 e. The average molecular weight is 200 g/mol. The van der Waals surface area contributed by atoms with Crippen LogP contribution >= 0.6 is 0 Å². The van der Waals surface area contributed by atoms with Gasteiger partial charge in [0.1, 0.15) is 0 Å². The van der Waals surface area contributed by atoms with Gasteiger partial charge in [-0.1, -0.05) is 27.2 Å². The molecular formula is C11H24N2O. The highest BCUT2D eigenvalue weighted by Crippen LogP contribution is 2.20. The van der Waals surface area contributed by atoms with Crippen molar-refractivity contribution >= 4 is 5.91 Å². The summed E-state index contributed by atoms with van der Waals surface area (Å²) in [6.07, 6.45) is 3.39. The summed E-state index contributed by atoms with van der Waals surface area (Å²) in [7, 11) is 0. The summed E-state index contributed by atoms with van der Waals surface area (Å²) in [5.74, 6) is -0.0549. The monoisotopic (exact) mass is 200 g/mol. The van der Waals surface area contributed by atoms with E-state index in [9.17, 15) is 4.79 Å². The zero-order valence-corrected chi connectivity index (χ0v) is 9.89. The number of carbonyl (C=O) groups is 1. The molecule has 3 heteroatoms. The first-order chi connectivity index (χ1) is 6.33. The van der Waals surface area contributed by atoms with Crippen molar-refractivity contribution in [3.05, 3.63) is 0 Å². The van der Waals surface area contributed by atoms with Gasteiger partial charge in [-0.25, -0.2) is 0 Å². The highest BCUT2D eigenvalue weighted by molar-refractivity contribution is 5.80. The number of amides is 1. The minimum atomic E-state index is -0.391. The van der Waals surface area contributed by atoms with Gasteiger partial charge >= 0.3 is 0 Å². The van der Waals surface area contributed by atoms with Crippen molar-refractivity contribution in [2.24, 2.45) is 11.1 Å². The lowest BCUT2D eigenvalue weighted by Crippen LogP contribution is -2.38. The molecule has 0 heterocycles. The van der Waals surface area contributed by atoms with Gasteiger partial charge in [0.15, 0.2) is 0 Å². The fourth-order valence-corrected chi connectivity index (χ4v) is 1.15. The van der Waals surface area contributed by atoms with Crippen LogP contribution in [0, 0.1) is 5.41 Å². The topological polar surface area (TPSA) is 55.1 Å². The molecule has 1 atom stereocenters. The predicted octanol–water partition coefficient (Wildman–Crippen LogP) is 1.67. The molecule has 0 aliphatic rings. The summed E-state index contributed by atoms with van der Waals surface area (Å²) < 4.78 is 0. The summed E-state index contributed by atoms with van der Waals surface area (Å²) in [6, 6.07) is -0.391. The molecule has 0 aromatic carbocycles. The fraction of sp³-hybridized carbons (Fsp3) is 0.909. The van der Waals surface area contributed by atoms with Crippen molar-refractivity contribution in [2.45, 2.75) is 53.0 Å². The molecule has 0 aliphatic heterocycles. The molecule has 0 saturated carbocycles. The van der Waals surface area contributed by atoms with Gasteiger partial charge in [0.2, 0.25) is 5.91 Å². The van der Waals surface area contributed by atoms with Crippen molar-refractivity contribution in [2.75, 3.05) is 6.54 Å². The van der Waals surface area contributed by atoms with E-state index >= 15 is 0 Å². The van der Waals surface area contributed by atoms with Gasteiger partial charge in [0.25, 0.3) is 0 Å². The lowest BCUT2D eigenvalue weighted by molar-refractivity contribution is -0.121. The molecule has 0 aromatic rings. The summed E-state index contributed by atoms with van der Waals surface area (Å²) in [6.45, 7) is 9.13. The molecule has 3 N–H and O–H groups in total. The molecule has 3 nitrogen and oxygen atoms in total. The average Bonchev–Trinajstić information content (AvgIpc) is 2.01. The van der Waals surface area contributed by atoms with Crippen LogP contribution in [0.4, 0.5) is 0 Å². The van der Waals surface area contributed by atoms with Crippen molar-refractivity contribution in [3.63, 3.8) is 0 Å². The molecule has 0 bridgehead atoms. The Hall–Kier alpha value is -0.570. The Labute approximate surface area is 87.4 Å². The molecule has 14 heavy (non-hydrogen) atoms. The minimum absolute atomic E-state index is 0.0549. The van der Waals surface area contributed by atoms with Crippen molar-refractivity contribution in [1.29, 1.82) is 0 Å². The summed E-state index contributed by atoms with van der Waals surface area (Å²) >= 11 is 0. The van der Waals surface area contributed by atoms with Gasteiger partial charge in [0.05, 0.1) is 6.04 Å². The van der Waals surface area contributed by atoms with Gasteiger partial charge in [-0.2, -0.15) is 0 Å². The molecule has 0 aliphatic carbocycles. The maximum Gasteiger partial charge on any atom is 0.236 e. The second-order valence-corrected chi connectivity index (χ2v) is 5.10. The SMILES string of the molecule is C[C@H](N)C(=O)NCCCCC(C)(C)C. The Morgan fingerprint density at radius 1 is 1.36 bits per heavy atom.